The number of nitrogens with one attached hydrogen (secondary N) is 1. The van der Waals surface area contributed by atoms with Crippen molar-refractivity contribution in [2.45, 2.75) is 40.2 Å². The first-order chi connectivity index (χ1) is 12.0. The maximum absolute atomic E-state index is 12.2. The Balaban J connectivity index is 1.43. The molecule has 0 spiro atoms. The third-order valence-electron chi connectivity index (χ3n) is 4.59. The normalized spacial score (nSPS) is 14.4. The number of carbonyl (C=O) groups excluding carboxylic acids is 2. The van der Waals surface area contributed by atoms with Crippen molar-refractivity contribution in [2.24, 2.45) is 5.92 Å². The molecule has 0 aromatic carbocycles. The highest BCUT2D eigenvalue weighted by molar-refractivity contribution is 5.93. The van der Waals surface area contributed by atoms with Crippen molar-refractivity contribution in [3.05, 3.63) is 29.3 Å². The van der Waals surface area contributed by atoms with E-state index in [4.69, 9.17) is 4.52 Å². The fourth-order valence-corrected chi connectivity index (χ4v) is 2.93. The molecule has 2 aromatic rings. The van der Waals surface area contributed by atoms with Crippen LogP contribution in [0.25, 0.3) is 0 Å². The lowest BCUT2D eigenvalue weighted by Crippen LogP contribution is -2.54. The molecule has 0 saturated carbocycles. The molecule has 1 fully saturated rings. The molecular formula is C17H23N5O3. The summed E-state index contributed by atoms with van der Waals surface area (Å²) in [5.41, 5.74) is 1.83. The van der Waals surface area contributed by atoms with Crippen molar-refractivity contribution in [2.75, 3.05) is 18.4 Å². The number of amides is 2. The predicted octanol–water partition coefficient (Wildman–Crippen LogP) is 1.54. The van der Waals surface area contributed by atoms with Gasteiger partial charge in [-0.1, -0.05) is 5.16 Å². The molecule has 0 aliphatic carbocycles. The number of carbonyl (C=O) groups is 2. The first-order valence-electron chi connectivity index (χ1n) is 8.51. The van der Waals surface area contributed by atoms with E-state index >= 15 is 0 Å². The van der Waals surface area contributed by atoms with Crippen LogP contribution in [0.2, 0.25) is 0 Å². The van der Waals surface area contributed by atoms with Gasteiger partial charge in [-0.3, -0.25) is 14.3 Å². The first-order valence-corrected chi connectivity index (χ1v) is 8.51. The van der Waals surface area contributed by atoms with Crippen LogP contribution in [0.1, 0.15) is 30.4 Å². The Bertz CT molecular complexity index is 754. The minimum absolute atomic E-state index is 0.0549. The average molecular weight is 345 g/mol. The molecule has 2 amide bonds. The number of anilines is 1. The molecule has 3 rings (SSSR count). The van der Waals surface area contributed by atoms with E-state index in [2.05, 4.69) is 15.6 Å². The highest BCUT2D eigenvalue weighted by Gasteiger charge is 2.35. The van der Waals surface area contributed by atoms with Crippen molar-refractivity contribution >= 4 is 17.6 Å². The minimum Gasteiger partial charge on any atom is -0.361 e. The predicted molar refractivity (Wildman–Crippen MR) is 90.9 cm³/mol. The lowest BCUT2D eigenvalue weighted by molar-refractivity contribution is -0.141. The number of nitrogens with zero attached hydrogens (tertiary/aromatic N) is 4. The number of likely N-dealkylation sites (tertiary alicyclic amines) is 1. The standard InChI is InChI=1S/C17H23N5O3/c1-4-22-8-7-15(19-22)18-17(24)13-9-21(10-13)16(23)6-5-14-11(2)20-25-12(14)3/h7-8,13H,4-6,9-10H2,1-3H3,(H,18,19,24). The Labute approximate surface area is 146 Å². The van der Waals surface area contributed by atoms with Gasteiger partial charge in [-0.05, 0) is 27.2 Å². The van der Waals surface area contributed by atoms with E-state index in [0.29, 0.717) is 31.7 Å². The van der Waals surface area contributed by atoms with E-state index in [9.17, 15) is 9.59 Å². The lowest BCUT2D eigenvalue weighted by atomic mass is 9.97. The quantitative estimate of drug-likeness (QED) is 0.857. The Hall–Kier alpha value is -2.64. The van der Waals surface area contributed by atoms with Gasteiger partial charge in [0.05, 0.1) is 11.6 Å². The van der Waals surface area contributed by atoms with E-state index in [1.165, 1.54) is 0 Å². The third kappa shape index (κ3) is 3.72. The minimum atomic E-state index is -0.171. The maximum Gasteiger partial charge on any atom is 0.232 e. The molecule has 134 valence electrons. The zero-order valence-electron chi connectivity index (χ0n) is 14.8. The van der Waals surface area contributed by atoms with Crippen molar-refractivity contribution in [1.29, 1.82) is 0 Å². The molecule has 0 unspecified atom stereocenters. The van der Waals surface area contributed by atoms with Gasteiger partial charge in [0, 0.05) is 43.9 Å². The van der Waals surface area contributed by atoms with Crippen molar-refractivity contribution in [1.82, 2.24) is 19.8 Å². The Morgan fingerprint density at radius 3 is 2.72 bits per heavy atom. The fourth-order valence-electron chi connectivity index (χ4n) is 2.93. The molecule has 3 heterocycles. The number of aryl methyl sites for hydroxylation is 3. The summed E-state index contributed by atoms with van der Waals surface area (Å²) in [6, 6.07) is 1.77. The van der Waals surface area contributed by atoms with Gasteiger partial charge in [0.1, 0.15) is 5.76 Å². The van der Waals surface area contributed by atoms with E-state index in [0.717, 1.165) is 23.6 Å². The van der Waals surface area contributed by atoms with Crippen LogP contribution in [-0.4, -0.2) is 44.7 Å². The van der Waals surface area contributed by atoms with Crippen LogP contribution in [0, 0.1) is 19.8 Å². The molecule has 1 aliphatic rings. The molecule has 1 aliphatic heterocycles. The zero-order chi connectivity index (χ0) is 18.0. The molecule has 8 heteroatoms. The smallest absolute Gasteiger partial charge is 0.232 e. The lowest BCUT2D eigenvalue weighted by Gasteiger charge is -2.38. The van der Waals surface area contributed by atoms with Gasteiger partial charge in [-0.2, -0.15) is 5.10 Å². The van der Waals surface area contributed by atoms with E-state index < -0.39 is 0 Å². The largest absolute Gasteiger partial charge is 0.361 e. The first kappa shape index (κ1) is 17.2. The summed E-state index contributed by atoms with van der Waals surface area (Å²) in [6.07, 6.45) is 2.83. The number of aromatic nitrogens is 3. The second kappa shape index (κ2) is 7.08. The van der Waals surface area contributed by atoms with Gasteiger partial charge < -0.3 is 14.7 Å². The summed E-state index contributed by atoms with van der Waals surface area (Å²) in [5, 5.41) is 10.9. The SMILES string of the molecule is CCn1ccc(NC(=O)C2CN(C(=O)CCc3c(C)noc3C)C2)n1. The highest BCUT2D eigenvalue weighted by atomic mass is 16.5. The van der Waals surface area contributed by atoms with Crippen LogP contribution < -0.4 is 5.32 Å². The monoisotopic (exact) mass is 345 g/mol. The Morgan fingerprint density at radius 2 is 2.12 bits per heavy atom. The van der Waals surface area contributed by atoms with E-state index in [1.807, 2.05) is 27.0 Å². The topological polar surface area (TPSA) is 93.3 Å². The van der Waals surface area contributed by atoms with Crippen LogP contribution >= 0.6 is 0 Å². The fraction of sp³-hybridized carbons (Fsp3) is 0.529. The summed E-state index contributed by atoms with van der Waals surface area (Å²) < 4.78 is 6.86. The summed E-state index contributed by atoms with van der Waals surface area (Å²) in [5.74, 6) is 1.11. The van der Waals surface area contributed by atoms with Gasteiger partial charge in [0.25, 0.3) is 0 Å². The van der Waals surface area contributed by atoms with Crippen LogP contribution in [-0.2, 0) is 22.6 Å². The summed E-state index contributed by atoms with van der Waals surface area (Å²) in [4.78, 5) is 26.1. The number of hydrogen-bond acceptors (Lipinski definition) is 5. The second-order valence-electron chi connectivity index (χ2n) is 6.34. The molecule has 8 nitrogen and oxygen atoms in total. The zero-order valence-corrected chi connectivity index (χ0v) is 14.8. The second-order valence-corrected chi connectivity index (χ2v) is 6.34. The summed E-state index contributed by atoms with van der Waals surface area (Å²) in [7, 11) is 0. The van der Waals surface area contributed by atoms with Crippen LogP contribution in [0.3, 0.4) is 0 Å². The number of hydrogen-bond donors (Lipinski definition) is 1. The summed E-state index contributed by atoms with van der Waals surface area (Å²) >= 11 is 0. The molecule has 0 radical (unpaired) electrons. The van der Waals surface area contributed by atoms with Gasteiger partial charge in [0.15, 0.2) is 5.82 Å². The van der Waals surface area contributed by atoms with Crippen molar-refractivity contribution < 1.29 is 14.1 Å². The maximum atomic E-state index is 12.2. The van der Waals surface area contributed by atoms with Crippen LogP contribution in [0.15, 0.2) is 16.8 Å². The van der Waals surface area contributed by atoms with Crippen molar-refractivity contribution in [3.8, 4) is 0 Å². The van der Waals surface area contributed by atoms with Gasteiger partial charge >= 0.3 is 0 Å². The third-order valence-corrected chi connectivity index (χ3v) is 4.59. The average Bonchev–Trinajstić information content (AvgIpc) is 3.11. The number of rotatable bonds is 6. The molecule has 0 bridgehead atoms. The Kier molecular flexibility index (Phi) is 4.87. The molecule has 2 aromatic heterocycles. The van der Waals surface area contributed by atoms with Gasteiger partial charge in [0.2, 0.25) is 11.8 Å². The highest BCUT2D eigenvalue weighted by Crippen LogP contribution is 2.20. The molecule has 1 N–H and O–H groups in total. The van der Waals surface area contributed by atoms with Gasteiger partial charge in [-0.25, -0.2) is 0 Å². The summed E-state index contributed by atoms with van der Waals surface area (Å²) in [6.45, 7) is 7.38. The van der Waals surface area contributed by atoms with E-state index in [-0.39, 0.29) is 17.7 Å². The molecule has 0 atom stereocenters. The van der Waals surface area contributed by atoms with Crippen LogP contribution in [0.5, 0.6) is 0 Å². The Morgan fingerprint density at radius 1 is 1.36 bits per heavy atom. The molecular weight excluding hydrogens is 322 g/mol. The molecule has 1 saturated heterocycles. The van der Waals surface area contributed by atoms with E-state index in [1.54, 1.807) is 15.6 Å². The van der Waals surface area contributed by atoms with Crippen molar-refractivity contribution in [3.63, 3.8) is 0 Å². The van der Waals surface area contributed by atoms with Crippen LogP contribution in [0.4, 0.5) is 5.82 Å². The van der Waals surface area contributed by atoms with Gasteiger partial charge in [-0.15, -0.1) is 0 Å². The molecule has 25 heavy (non-hydrogen) atoms.